The van der Waals surface area contributed by atoms with Crippen molar-refractivity contribution < 1.29 is 19.9 Å². The minimum atomic E-state index is -1.29. The van der Waals surface area contributed by atoms with Crippen molar-refractivity contribution >= 4 is 13.1 Å². The first-order chi connectivity index (χ1) is 11.0. The Kier molecular flexibility index (Phi) is 7.33. The van der Waals surface area contributed by atoms with Crippen LogP contribution in [0.1, 0.15) is 51.4 Å². The Hall–Kier alpha value is -0.625. The molecule has 23 heavy (non-hydrogen) atoms. The summed E-state index contributed by atoms with van der Waals surface area (Å²) in [7, 11) is -1.29. The summed E-state index contributed by atoms with van der Waals surface area (Å²) < 4.78 is 0. The van der Waals surface area contributed by atoms with Gasteiger partial charge in [-0.15, -0.1) is 0 Å². The van der Waals surface area contributed by atoms with Gasteiger partial charge in [-0.25, -0.2) is 0 Å². The van der Waals surface area contributed by atoms with Crippen molar-refractivity contribution in [1.29, 1.82) is 0 Å². The van der Waals surface area contributed by atoms with Crippen LogP contribution in [0.15, 0.2) is 0 Å². The van der Waals surface area contributed by atoms with E-state index in [-0.39, 0.29) is 5.92 Å². The summed E-state index contributed by atoms with van der Waals surface area (Å²) in [4.78, 5) is 14.5. The topological polar surface area (TPSA) is 93.0 Å². The van der Waals surface area contributed by atoms with Gasteiger partial charge in [0.05, 0.1) is 0 Å². The Morgan fingerprint density at radius 3 is 2.61 bits per heavy atom. The molecule has 6 nitrogen and oxygen atoms in total. The molecule has 0 aromatic carbocycles. The fourth-order valence-corrected chi connectivity index (χ4v) is 4.16. The average molecular weight is 326 g/mol. The third-order valence-electron chi connectivity index (χ3n) is 5.53. The molecule has 2 aliphatic heterocycles. The first-order valence-corrected chi connectivity index (χ1v) is 9.11. The fraction of sp³-hybridized carbons (Fsp3) is 0.938. The van der Waals surface area contributed by atoms with Crippen LogP contribution < -0.4 is 5.32 Å². The number of aliphatic carboxylic acids is 1. The summed E-state index contributed by atoms with van der Waals surface area (Å²) in [5.74, 6) is -0.680. The molecule has 4 N–H and O–H groups in total. The van der Waals surface area contributed by atoms with E-state index < -0.39 is 18.6 Å². The van der Waals surface area contributed by atoms with Crippen molar-refractivity contribution in [3.8, 4) is 0 Å². The van der Waals surface area contributed by atoms with Crippen molar-refractivity contribution in [1.82, 2.24) is 10.2 Å². The number of nitrogens with zero attached hydrogens (tertiary/aromatic N) is 1. The summed E-state index contributed by atoms with van der Waals surface area (Å²) >= 11 is 0. The lowest BCUT2D eigenvalue weighted by molar-refractivity contribution is -0.149. The summed E-state index contributed by atoms with van der Waals surface area (Å²) in [6.07, 6.45) is 7.94. The first-order valence-electron chi connectivity index (χ1n) is 9.11. The molecule has 0 aliphatic carbocycles. The minimum absolute atomic E-state index is 0.0669. The number of rotatable bonds is 8. The van der Waals surface area contributed by atoms with Gasteiger partial charge in [-0.3, -0.25) is 4.79 Å². The smallest absolute Gasteiger partial charge is 0.451 e. The molecular weight excluding hydrogens is 295 g/mol. The van der Waals surface area contributed by atoms with Crippen LogP contribution in [0.25, 0.3) is 0 Å². The van der Waals surface area contributed by atoms with Gasteiger partial charge in [-0.1, -0.05) is 12.8 Å². The Labute approximate surface area is 139 Å². The average Bonchev–Trinajstić information content (AvgIpc) is 2.54. The van der Waals surface area contributed by atoms with Crippen LogP contribution in [0.4, 0.5) is 0 Å². The van der Waals surface area contributed by atoms with Crippen molar-refractivity contribution in [3.63, 3.8) is 0 Å². The number of hydrogen-bond acceptors (Lipinski definition) is 5. The van der Waals surface area contributed by atoms with Gasteiger partial charge in [-0.05, 0) is 70.4 Å². The molecule has 2 fully saturated rings. The Morgan fingerprint density at radius 2 is 1.96 bits per heavy atom. The SMILES string of the molecule is O=C(O)C1(CCN2CCCCC2)NCCCC1CCCB(O)O. The maximum atomic E-state index is 12.1. The number of carboxylic acids is 1. The molecule has 2 saturated heterocycles. The van der Waals surface area contributed by atoms with Gasteiger partial charge in [0.25, 0.3) is 0 Å². The van der Waals surface area contributed by atoms with E-state index in [0.29, 0.717) is 19.2 Å². The molecule has 2 atom stereocenters. The van der Waals surface area contributed by atoms with Gasteiger partial charge in [0.2, 0.25) is 0 Å². The van der Waals surface area contributed by atoms with E-state index >= 15 is 0 Å². The zero-order valence-electron chi connectivity index (χ0n) is 14.0. The number of hydrogen-bond donors (Lipinski definition) is 4. The molecule has 2 aliphatic rings. The lowest BCUT2D eigenvalue weighted by Gasteiger charge is -2.43. The van der Waals surface area contributed by atoms with Gasteiger partial charge in [0.15, 0.2) is 0 Å². The number of likely N-dealkylation sites (tertiary alicyclic amines) is 1. The third-order valence-corrected chi connectivity index (χ3v) is 5.53. The molecule has 132 valence electrons. The van der Waals surface area contributed by atoms with E-state index in [1.165, 1.54) is 19.3 Å². The van der Waals surface area contributed by atoms with Crippen LogP contribution >= 0.6 is 0 Å². The molecule has 0 radical (unpaired) electrons. The monoisotopic (exact) mass is 326 g/mol. The Morgan fingerprint density at radius 1 is 1.22 bits per heavy atom. The highest BCUT2D eigenvalue weighted by Gasteiger charge is 2.46. The predicted octanol–water partition coefficient (Wildman–Crippen LogP) is 0.938. The molecule has 2 heterocycles. The van der Waals surface area contributed by atoms with Crippen LogP contribution in [0, 0.1) is 5.92 Å². The second-order valence-corrected chi connectivity index (χ2v) is 7.11. The Bertz CT molecular complexity index is 377. The van der Waals surface area contributed by atoms with Crippen molar-refractivity contribution in [2.75, 3.05) is 26.2 Å². The number of carbonyl (C=O) groups is 1. The fourth-order valence-electron chi connectivity index (χ4n) is 4.16. The maximum Gasteiger partial charge on any atom is 0.451 e. The summed E-state index contributed by atoms with van der Waals surface area (Å²) in [5.41, 5.74) is -0.851. The third kappa shape index (κ3) is 5.18. The first kappa shape index (κ1) is 18.7. The molecule has 2 rings (SSSR count). The van der Waals surface area contributed by atoms with Gasteiger partial charge >= 0.3 is 13.1 Å². The number of carboxylic acid groups (broad SMARTS) is 1. The van der Waals surface area contributed by atoms with Gasteiger partial charge < -0.3 is 25.4 Å². The van der Waals surface area contributed by atoms with E-state index in [4.69, 9.17) is 10.0 Å². The van der Waals surface area contributed by atoms with Crippen LogP contribution in [0.3, 0.4) is 0 Å². The second kappa shape index (κ2) is 9.01. The second-order valence-electron chi connectivity index (χ2n) is 7.11. The highest BCUT2D eigenvalue weighted by atomic mass is 16.4. The van der Waals surface area contributed by atoms with Crippen LogP contribution in [0.5, 0.6) is 0 Å². The summed E-state index contributed by atoms with van der Waals surface area (Å²) in [6, 6.07) is 0. The molecule has 0 bridgehead atoms. The zero-order valence-corrected chi connectivity index (χ0v) is 14.0. The minimum Gasteiger partial charge on any atom is -0.480 e. The van der Waals surface area contributed by atoms with E-state index in [1.54, 1.807) is 0 Å². The number of piperidine rings is 2. The standard InChI is InChI=1S/C16H31BN2O4/c20-15(21)16(8-13-19-11-2-1-3-12-19)14(7-5-10-18-16)6-4-9-17(22)23/h14,18,22-23H,1-13H2,(H,20,21). The predicted molar refractivity (Wildman–Crippen MR) is 90.2 cm³/mol. The van der Waals surface area contributed by atoms with Crippen molar-refractivity contribution in [2.24, 2.45) is 5.92 Å². The highest BCUT2D eigenvalue weighted by molar-refractivity contribution is 6.40. The van der Waals surface area contributed by atoms with Crippen LogP contribution in [-0.2, 0) is 4.79 Å². The molecule has 0 amide bonds. The zero-order chi connectivity index (χ0) is 16.7. The molecule has 2 unspecified atom stereocenters. The molecule has 0 spiro atoms. The molecule has 0 aromatic rings. The van der Waals surface area contributed by atoms with Gasteiger partial charge in [-0.2, -0.15) is 0 Å². The summed E-state index contributed by atoms with van der Waals surface area (Å²) in [5, 5.41) is 31.2. The number of nitrogens with one attached hydrogen (secondary N) is 1. The van der Waals surface area contributed by atoms with Crippen LogP contribution in [-0.4, -0.2) is 64.9 Å². The van der Waals surface area contributed by atoms with Gasteiger partial charge in [0.1, 0.15) is 5.54 Å². The van der Waals surface area contributed by atoms with E-state index in [9.17, 15) is 9.90 Å². The summed E-state index contributed by atoms with van der Waals surface area (Å²) in [6.45, 7) is 3.75. The quantitative estimate of drug-likeness (QED) is 0.496. The largest absolute Gasteiger partial charge is 0.480 e. The highest BCUT2D eigenvalue weighted by Crippen LogP contribution is 2.34. The molecular formula is C16H31BN2O4. The van der Waals surface area contributed by atoms with Crippen LogP contribution in [0.2, 0.25) is 6.32 Å². The lowest BCUT2D eigenvalue weighted by atomic mass is 9.71. The molecule has 0 saturated carbocycles. The van der Waals surface area contributed by atoms with Crippen molar-refractivity contribution in [2.45, 2.75) is 63.2 Å². The normalized spacial score (nSPS) is 29.4. The van der Waals surface area contributed by atoms with Gasteiger partial charge in [0, 0.05) is 6.54 Å². The van der Waals surface area contributed by atoms with E-state index in [2.05, 4.69) is 10.2 Å². The molecule has 7 heteroatoms. The lowest BCUT2D eigenvalue weighted by Crippen LogP contribution is -2.61. The van der Waals surface area contributed by atoms with E-state index in [0.717, 1.165) is 45.4 Å². The Balaban J connectivity index is 1.96. The van der Waals surface area contributed by atoms with Crippen molar-refractivity contribution in [3.05, 3.63) is 0 Å². The van der Waals surface area contributed by atoms with E-state index in [1.807, 2.05) is 0 Å². The maximum absolute atomic E-state index is 12.1. The molecule has 0 aromatic heterocycles.